The quantitative estimate of drug-likeness (QED) is 0.561. The molecule has 3 rings (SSSR count). The summed E-state index contributed by atoms with van der Waals surface area (Å²) in [5.41, 5.74) is 1.22. The molecule has 1 fully saturated rings. The molecule has 1 aromatic heterocycles. The van der Waals surface area contributed by atoms with E-state index >= 15 is 0 Å². The highest BCUT2D eigenvalue weighted by Crippen LogP contribution is 2.43. The number of carbonyl (C=O) groups is 1. The van der Waals surface area contributed by atoms with Gasteiger partial charge in [0.1, 0.15) is 0 Å². The molecule has 1 aromatic rings. The van der Waals surface area contributed by atoms with Crippen molar-refractivity contribution >= 4 is 17.1 Å². The minimum Gasteiger partial charge on any atom is -0.297 e. The molecule has 1 aliphatic heterocycles. The number of hydrogen-bond acceptors (Lipinski definition) is 3. The van der Waals surface area contributed by atoms with Crippen LogP contribution >= 0.6 is 11.3 Å². The lowest BCUT2D eigenvalue weighted by Gasteiger charge is -1.88. The van der Waals surface area contributed by atoms with Gasteiger partial charge in [0.2, 0.25) is 0 Å². The molecule has 0 radical (unpaired) electrons. The van der Waals surface area contributed by atoms with Gasteiger partial charge in [-0.15, -0.1) is 11.3 Å². The number of rotatable bonds is 0. The molecule has 2 nitrogen and oxygen atoms in total. The molecule has 0 amide bonds. The first-order valence-electron chi connectivity index (χ1n) is 3.25. The van der Waals surface area contributed by atoms with E-state index in [0.717, 1.165) is 4.88 Å². The van der Waals surface area contributed by atoms with Crippen molar-refractivity contribution in [2.24, 2.45) is 0 Å². The molecule has 2 heterocycles. The summed E-state index contributed by atoms with van der Waals surface area (Å²) in [6, 6.07) is 2.58. The summed E-state index contributed by atoms with van der Waals surface area (Å²) in [7, 11) is 0. The Morgan fingerprint density at radius 2 is 2.40 bits per heavy atom. The monoisotopic (exact) mass is 151 g/mol. The van der Waals surface area contributed by atoms with Gasteiger partial charge in [-0.1, -0.05) is 0 Å². The van der Waals surface area contributed by atoms with Gasteiger partial charge in [0, 0.05) is 0 Å². The van der Waals surface area contributed by atoms with E-state index < -0.39 is 0 Å². The third-order valence-corrected chi connectivity index (χ3v) is 3.07. The number of fused-ring (bicyclic) bond motifs is 3. The lowest BCUT2D eigenvalue weighted by molar-refractivity contribution is 0.0998. The molecule has 3 heteroatoms. The second kappa shape index (κ2) is 1.33. The van der Waals surface area contributed by atoms with Crippen LogP contribution in [0.3, 0.4) is 0 Å². The van der Waals surface area contributed by atoms with Crippen LogP contribution in [0.2, 0.25) is 0 Å². The fourth-order valence-corrected chi connectivity index (χ4v) is 2.46. The van der Waals surface area contributed by atoms with Crippen LogP contribution < -0.4 is 5.32 Å². The Kier molecular flexibility index (Phi) is 0.672. The smallest absolute Gasteiger partial charge is 0.191 e. The van der Waals surface area contributed by atoms with E-state index in [9.17, 15) is 4.79 Å². The number of carbonyl (C=O) groups excluding carboxylic acids is 1. The summed E-state index contributed by atoms with van der Waals surface area (Å²) in [6.45, 7) is 0. The van der Waals surface area contributed by atoms with Crippen molar-refractivity contribution in [2.75, 3.05) is 0 Å². The fourth-order valence-electron chi connectivity index (χ4n) is 1.54. The first kappa shape index (κ1) is 5.04. The van der Waals surface area contributed by atoms with Crippen molar-refractivity contribution in [2.45, 2.75) is 12.1 Å². The predicted octanol–water partition coefficient (Wildman–Crippen LogP) is 0.957. The van der Waals surface area contributed by atoms with Gasteiger partial charge in [-0.2, -0.15) is 0 Å². The third kappa shape index (κ3) is 0.393. The average Bonchev–Trinajstić information content (AvgIpc) is 2.48. The first-order valence-corrected chi connectivity index (χ1v) is 4.13. The zero-order valence-corrected chi connectivity index (χ0v) is 5.94. The van der Waals surface area contributed by atoms with Crippen molar-refractivity contribution < 1.29 is 4.79 Å². The van der Waals surface area contributed by atoms with Crippen molar-refractivity contribution in [3.8, 4) is 0 Å². The van der Waals surface area contributed by atoms with Crippen molar-refractivity contribution in [1.29, 1.82) is 0 Å². The molecule has 2 aliphatic rings. The number of nitrogens with one attached hydrogen (secondary N) is 1. The van der Waals surface area contributed by atoms with E-state index in [1.165, 1.54) is 5.56 Å². The molecular weight excluding hydrogens is 146 g/mol. The van der Waals surface area contributed by atoms with Crippen molar-refractivity contribution in [1.82, 2.24) is 5.32 Å². The van der Waals surface area contributed by atoms with Gasteiger partial charge >= 0.3 is 0 Å². The zero-order valence-electron chi connectivity index (χ0n) is 5.13. The van der Waals surface area contributed by atoms with Crippen LogP contribution in [0.5, 0.6) is 0 Å². The summed E-state index contributed by atoms with van der Waals surface area (Å²) in [5, 5.41) is 5.10. The molecule has 10 heavy (non-hydrogen) atoms. The maximum absolute atomic E-state index is 11.2. The molecule has 2 atom stereocenters. The minimum absolute atomic E-state index is 0.155. The molecule has 0 aromatic carbocycles. The Balaban J connectivity index is 2.32. The molecule has 2 unspecified atom stereocenters. The van der Waals surface area contributed by atoms with Gasteiger partial charge < -0.3 is 0 Å². The predicted molar refractivity (Wildman–Crippen MR) is 38.3 cm³/mol. The lowest BCUT2D eigenvalue weighted by atomic mass is 10.3. The maximum Gasteiger partial charge on any atom is 0.191 e. The Hall–Kier alpha value is -0.670. The molecule has 0 bridgehead atoms. The topological polar surface area (TPSA) is 39.0 Å². The minimum atomic E-state index is 0.155. The van der Waals surface area contributed by atoms with Crippen LogP contribution in [0, 0.1) is 0 Å². The zero-order chi connectivity index (χ0) is 6.72. The van der Waals surface area contributed by atoms with E-state index in [-0.39, 0.29) is 6.04 Å². The largest absolute Gasteiger partial charge is 0.297 e. The van der Waals surface area contributed by atoms with E-state index in [0.29, 0.717) is 11.8 Å². The summed E-state index contributed by atoms with van der Waals surface area (Å²) in [4.78, 5) is 12.2. The summed E-state index contributed by atoms with van der Waals surface area (Å²) < 4.78 is 0. The molecule has 1 aliphatic carbocycles. The molecule has 1 N–H and O–H groups in total. The van der Waals surface area contributed by atoms with E-state index in [1.54, 1.807) is 11.3 Å². The van der Waals surface area contributed by atoms with E-state index in [1.807, 2.05) is 11.4 Å². The van der Waals surface area contributed by atoms with Gasteiger partial charge in [-0.25, -0.2) is 0 Å². The van der Waals surface area contributed by atoms with Gasteiger partial charge in [0.05, 0.1) is 17.0 Å². The highest BCUT2D eigenvalue weighted by molar-refractivity contribution is 7.12. The summed E-state index contributed by atoms with van der Waals surface area (Å²) in [5.74, 6) is 0.301. The Morgan fingerprint density at radius 1 is 1.50 bits per heavy atom. The standard InChI is InChI=1S/C7H5NOS/c9-6-5-4(8-5)3-1-2-10-7(3)6/h1-2,4-5,8H. The second-order valence-corrected chi connectivity index (χ2v) is 3.61. The summed E-state index contributed by atoms with van der Waals surface area (Å²) in [6.07, 6.45) is 0. The fraction of sp³-hybridized carbons (Fsp3) is 0.286. The Bertz CT molecular complexity index is 317. The molecule has 1 saturated heterocycles. The molecule has 0 saturated carbocycles. The van der Waals surface area contributed by atoms with Gasteiger partial charge in [-0.3, -0.25) is 10.1 Å². The number of hydrogen-bond donors (Lipinski definition) is 1. The maximum atomic E-state index is 11.2. The van der Waals surface area contributed by atoms with Crippen molar-refractivity contribution in [3.63, 3.8) is 0 Å². The summed E-state index contributed by atoms with van der Waals surface area (Å²) >= 11 is 1.56. The van der Waals surface area contributed by atoms with E-state index in [4.69, 9.17) is 0 Å². The van der Waals surface area contributed by atoms with Crippen LogP contribution in [0.25, 0.3) is 0 Å². The van der Waals surface area contributed by atoms with Gasteiger partial charge in [-0.05, 0) is 17.0 Å². The second-order valence-electron chi connectivity index (χ2n) is 2.69. The van der Waals surface area contributed by atoms with Crippen LogP contribution in [-0.4, -0.2) is 11.8 Å². The normalized spacial score (nSPS) is 33.8. The number of ketones is 1. The van der Waals surface area contributed by atoms with Gasteiger partial charge in [0.25, 0.3) is 0 Å². The van der Waals surface area contributed by atoms with Crippen LogP contribution in [0.1, 0.15) is 21.3 Å². The van der Waals surface area contributed by atoms with Crippen LogP contribution in [0.15, 0.2) is 11.4 Å². The van der Waals surface area contributed by atoms with Gasteiger partial charge in [0.15, 0.2) is 5.78 Å². The Labute approximate surface area is 61.9 Å². The SMILES string of the molecule is O=C1c2sccc2C2NC12. The van der Waals surface area contributed by atoms with Crippen molar-refractivity contribution in [3.05, 3.63) is 21.9 Å². The first-order chi connectivity index (χ1) is 4.88. The Morgan fingerprint density at radius 3 is 3.20 bits per heavy atom. The third-order valence-electron chi connectivity index (χ3n) is 2.12. The van der Waals surface area contributed by atoms with Crippen LogP contribution in [-0.2, 0) is 0 Å². The molecule has 50 valence electrons. The highest BCUT2D eigenvalue weighted by atomic mass is 32.1. The lowest BCUT2D eigenvalue weighted by Crippen LogP contribution is -2.05. The number of thiophene rings is 1. The number of Topliss-reactive ketones (excluding diaryl/α,β-unsaturated/α-hetero) is 1. The van der Waals surface area contributed by atoms with E-state index in [2.05, 4.69) is 5.32 Å². The highest BCUT2D eigenvalue weighted by Gasteiger charge is 2.52. The molecular formula is C7H5NOS. The molecule has 0 spiro atoms. The average molecular weight is 151 g/mol. The van der Waals surface area contributed by atoms with Crippen LogP contribution in [0.4, 0.5) is 0 Å².